The van der Waals surface area contributed by atoms with E-state index >= 15 is 0 Å². The molecule has 0 saturated carbocycles. The highest BCUT2D eigenvalue weighted by atomic mass is 79.9. The molecule has 8 heteroatoms. The van der Waals surface area contributed by atoms with Crippen molar-refractivity contribution < 1.29 is 19.1 Å². The van der Waals surface area contributed by atoms with Crippen LogP contribution < -0.4 is 10.2 Å². The summed E-state index contributed by atoms with van der Waals surface area (Å²) in [5.74, 6) is -0.469. The molecule has 1 amide bonds. The van der Waals surface area contributed by atoms with Crippen LogP contribution in [0.2, 0.25) is 0 Å². The minimum atomic E-state index is -0.583. The monoisotopic (exact) mass is 576 g/mol. The number of hydrogen-bond donors (Lipinski definition) is 1. The van der Waals surface area contributed by atoms with E-state index in [-0.39, 0.29) is 18.3 Å². The summed E-state index contributed by atoms with van der Waals surface area (Å²) in [7, 11) is 0. The Hall–Kier alpha value is -1.28. The number of nitrogens with one attached hydrogen (secondary N) is 1. The summed E-state index contributed by atoms with van der Waals surface area (Å²) >= 11 is 7.05. The van der Waals surface area contributed by atoms with Crippen molar-refractivity contribution in [2.24, 2.45) is 0 Å². The number of hydrogen-bond acceptors (Lipinski definition) is 5. The molecule has 0 spiro atoms. The Morgan fingerprint density at radius 3 is 2.38 bits per heavy atom. The summed E-state index contributed by atoms with van der Waals surface area (Å²) in [5.41, 5.74) is 2.61. The second kappa shape index (κ2) is 14.8. The molecule has 1 N–H and O–H groups in total. The smallest absolute Gasteiger partial charge is 0.407 e. The van der Waals surface area contributed by atoms with Gasteiger partial charge in [0, 0.05) is 41.9 Å². The van der Waals surface area contributed by atoms with E-state index < -0.39 is 11.7 Å². The van der Waals surface area contributed by atoms with Crippen LogP contribution in [0.25, 0.3) is 0 Å². The average Bonchev–Trinajstić information content (AvgIpc) is 2.70. The molecule has 0 aromatic heterocycles. The van der Waals surface area contributed by atoms with Crippen molar-refractivity contribution in [1.82, 2.24) is 5.32 Å². The number of anilines is 1. The molecule has 1 aromatic rings. The lowest BCUT2D eigenvalue weighted by Crippen LogP contribution is -2.35. The van der Waals surface area contributed by atoms with E-state index in [9.17, 15) is 9.59 Å². The van der Waals surface area contributed by atoms with Crippen molar-refractivity contribution in [3.8, 4) is 0 Å². The Morgan fingerprint density at radius 2 is 1.81 bits per heavy atom. The largest absolute Gasteiger partial charge is 0.466 e. The first-order chi connectivity index (χ1) is 15.1. The third-order valence-corrected chi connectivity index (χ3v) is 5.55. The van der Waals surface area contributed by atoms with Gasteiger partial charge in [-0.2, -0.15) is 0 Å². The average molecular weight is 578 g/mol. The fraction of sp³-hybridized carbons (Fsp3) is 0.667. The lowest BCUT2D eigenvalue weighted by atomic mass is 9.91. The highest BCUT2D eigenvalue weighted by Gasteiger charge is 2.23. The summed E-state index contributed by atoms with van der Waals surface area (Å²) < 4.78 is 10.8. The van der Waals surface area contributed by atoms with E-state index in [1.807, 2.05) is 27.7 Å². The second-order valence-corrected chi connectivity index (χ2v) is 10.3. The number of nitrogens with zero attached hydrogens (tertiary/aromatic N) is 1. The molecular weight excluding hydrogens is 540 g/mol. The van der Waals surface area contributed by atoms with Gasteiger partial charge in [-0.1, -0.05) is 51.3 Å². The maximum Gasteiger partial charge on any atom is 0.407 e. The highest BCUT2D eigenvalue weighted by Crippen LogP contribution is 2.28. The minimum Gasteiger partial charge on any atom is -0.466 e. The highest BCUT2D eigenvalue weighted by molar-refractivity contribution is 9.09. The zero-order valence-corrected chi connectivity index (χ0v) is 23.2. The van der Waals surface area contributed by atoms with Crippen LogP contribution >= 0.6 is 31.9 Å². The van der Waals surface area contributed by atoms with Crippen molar-refractivity contribution in [3.05, 3.63) is 29.3 Å². The molecular formula is C24H38Br2N2O4. The molecule has 1 aromatic carbocycles. The third-order valence-electron chi connectivity index (χ3n) is 4.84. The Balaban J connectivity index is 3.11. The summed E-state index contributed by atoms with van der Waals surface area (Å²) in [6.07, 6.45) is 1.51. The number of rotatable bonds is 13. The summed E-state index contributed by atoms with van der Waals surface area (Å²) in [6, 6.07) is 6.30. The maximum absolute atomic E-state index is 12.5. The van der Waals surface area contributed by atoms with Gasteiger partial charge < -0.3 is 19.7 Å². The van der Waals surface area contributed by atoms with Crippen LogP contribution in [-0.4, -0.2) is 54.6 Å². The quantitative estimate of drug-likeness (QED) is 0.179. The predicted octanol–water partition coefficient (Wildman–Crippen LogP) is 5.93. The van der Waals surface area contributed by atoms with E-state index in [1.165, 1.54) is 0 Å². The van der Waals surface area contributed by atoms with Crippen molar-refractivity contribution in [1.29, 1.82) is 0 Å². The van der Waals surface area contributed by atoms with E-state index in [4.69, 9.17) is 9.47 Å². The molecule has 32 heavy (non-hydrogen) atoms. The number of esters is 1. The van der Waals surface area contributed by atoms with Crippen molar-refractivity contribution in [2.45, 2.75) is 65.4 Å². The SMILES string of the molecule is CCCCOC(=O)CC(CNC(=O)OC(C)(C)C)c1cc(N(CCBr)CCBr)ccc1C. The molecule has 0 aliphatic heterocycles. The Kier molecular flexibility index (Phi) is 13.3. The van der Waals surface area contributed by atoms with Gasteiger partial charge in [-0.3, -0.25) is 4.79 Å². The Morgan fingerprint density at radius 1 is 1.16 bits per heavy atom. The number of carbonyl (C=O) groups excluding carboxylic acids is 2. The predicted molar refractivity (Wildman–Crippen MR) is 138 cm³/mol. The normalized spacial score (nSPS) is 12.2. The molecule has 182 valence electrons. The number of unbranched alkanes of at least 4 members (excludes halogenated alkanes) is 1. The molecule has 0 saturated heterocycles. The first kappa shape index (κ1) is 28.8. The van der Waals surface area contributed by atoms with Crippen LogP contribution in [0, 0.1) is 6.92 Å². The van der Waals surface area contributed by atoms with Crippen LogP contribution in [0.4, 0.5) is 10.5 Å². The topological polar surface area (TPSA) is 67.9 Å². The van der Waals surface area contributed by atoms with Crippen LogP contribution in [0.1, 0.15) is 64.0 Å². The van der Waals surface area contributed by atoms with Gasteiger partial charge in [-0.15, -0.1) is 0 Å². The summed E-state index contributed by atoms with van der Waals surface area (Å²) in [6.45, 7) is 12.0. The number of benzene rings is 1. The van der Waals surface area contributed by atoms with Gasteiger partial charge in [0.25, 0.3) is 0 Å². The molecule has 0 heterocycles. The first-order valence-corrected chi connectivity index (χ1v) is 13.5. The molecule has 0 bridgehead atoms. The van der Waals surface area contributed by atoms with Gasteiger partial charge in [-0.25, -0.2) is 4.79 Å². The third kappa shape index (κ3) is 11.0. The number of aryl methyl sites for hydroxylation is 1. The Bertz CT molecular complexity index is 716. The van der Waals surface area contributed by atoms with Gasteiger partial charge in [-0.05, 0) is 57.4 Å². The van der Waals surface area contributed by atoms with Gasteiger partial charge in [0.15, 0.2) is 0 Å². The molecule has 1 rings (SSSR count). The van der Waals surface area contributed by atoms with Gasteiger partial charge in [0.2, 0.25) is 0 Å². The molecule has 0 aliphatic carbocycles. The van der Waals surface area contributed by atoms with Gasteiger partial charge >= 0.3 is 12.1 Å². The van der Waals surface area contributed by atoms with Crippen molar-refractivity contribution in [3.63, 3.8) is 0 Å². The minimum absolute atomic E-state index is 0.195. The molecule has 1 unspecified atom stereocenters. The van der Waals surface area contributed by atoms with Gasteiger partial charge in [0.1, 0.15) is 5.60 Å². The summed E-state index contributed by atoms with van der Waals surface area (Å²) in [4.78, 5) is 27.1. The molecule has 1 atom stereocenters. The lowest BCUT2D eigenvalue weighted by Gasteiger charge is -2.27. The number of carbonyl (C=O) groups is 2. The zero-order chi connectivity index (χ0) is 24.1. The molecule has 6 nitrogen and oxygen atoms in total. The van der Waals surface area contributed by atoms with Gasteiger partial charge in [0.05, 0.1) is 13.0 Å². The van der Waals surface area contributed by atoms with E-state index in [2.05, 4.69) is 67.2 Å². The number of ether oxygens (including phenoxy) is 2. The zero-order valence-electron chi connectivity index (χ0n) is 20.0. The van der Waals surface area contributed by atoms with Crippen molar-refractivity contribution in [2.75, 3.05) is 41.8 Å². The van der Waals surface area contributed by atoms with Crippen LogP contribution in [0.15, 0.2) is 18.2 Å². The molecule has 0 fully saturated rings. The fourth-order valence-electron chi connectivity index (χ4n) is 3.24. The van der Waals surface area contributed by atoms with Crippen molar-refractivity contribution >= 4 is 49.6 Å². The van der Waals surface area contributed by atoms with Crippen LogP contribution in [0.5, 0.6) is 0 Å². The maximum atomic E-state index is 12.5. The second-order valence-electron chi connectivity index (χ2n) is 8.76. The summed E-state index contributed by atoms with van der Waals surface area (Å²) in [5, 5.41) is 4.55. The number of amides is 1. The van der Waals surface area contributed by atoms with E-state index in [1.54, 1.807) is 0 Å². The van der Waals surface area contributed by atoms with Crippen LogP contribution in [-0.2, 0) is 14.3 Å². The molecule has 0 radical (unpaired) electrons. The first-order valence-electron chi connectivity index (χ1n) is 11.2. The number of alkyl carbamates (subject to hydrolysis) is 1. The number of halogens is 2. The number of alkyl halides is 2. The van der Waals surface area contributed by atoms with E-state index in [0.717, 1.165) is 53.4 Å². The molecule has 0 aliphatic rings. The Labute approximate surface area is 210 Å². The fourth-order valence-corrected chi connectivity index (χ4v) is 4.10. The van der Waals surface area contributed by atoms with E-state index in [0.29, 0.717) is 13.2 Å². The standard InChI is InChI=1S/C24H38Br2N2O4/c1-6-7-14-31-22(29)15-19(17-27-23(30)32-24(3,4)5)21-16-20(9-8-18(21)2)28(12-10-25)13-11-26/h8-9,16,19H,6-7,10-15,17H2,1-5H3,(H,27,30). The van der Waals surface area contributed by atoms with Crippen LogP contribution in [0.3, 0.4) is 0 Å². The lowest BCUT2D eigenvalue weighted by molar-refractivity contribution is -0.144.